The number of hydrogen-bond donors (Lipinski definition) is 0. The Kier molecular flexibility index (Phi) is 9.52. The molecule has 1 heterocycles. The number of ether oxygens (including phenoxy) is 4. The number of methoxy groups -OCH3 is 1. The van der Waals surface area contributed by atoms with Crippen LogP contribution in [0.25, 0.3) is 17.2 Å². The van der Waals surface area contributed by atoms with Crippen molar-refractivity contribution in [3.8, 4) is 16.9 Å². The maximum Gasteiger partial charge on any atom is 0.414 e. The van der Waals surface area contributed by atoms with Crippen molar-refractivity contribution >= 4 is 23.8 Å². The largest absolute Gasteiger partial charge is 0.491 e. The molecule has 0 spiro atoms. The van der Waals surface area contributed by atoms with Gasteiger partial charge >= 0.3 is 12.1 Å². The first-order valence-electron chi connectivity index (χ1n) is 11.8. The molecule has 0 unspecified atom stereocenters. The molecule has 34 heavy (non-hydrogen) atoms. The highest BCUT2D eigenvalue weighted by atomic mass is 16.6. The second-order valence-electron chi connectivity index (χ2n) is 7.87. The molecular weight excluding hydrogens is 434 g/mol. The van der Waals surface area contributed by atoms with Gasteiger partial charge in [-0.05, 0) is 66.8 Å². The number of hydrogen-bond acceptors (Lipinski definition) is 6. The van der Waals surface area contributed by atoms with Gasteiger partial charge in [0.05, 0.1) is 26.0 Å². The van der Waals surface area contributed by atoms with Crippen molar-refractivity contribution in [1.82, 2.24) is 0 Å². The zero-order valence-electron chi connectivity index (χ0n) is 20.2. The van der Waals surface area contributed by atoms with Crippen LogP contribution in [-0.2, 0) is 19.0 Å². The molecule has 2 aromatic carbocycles. The molecule has 0 fully saturated rings. The Balaban J connectivity index is 1.79. The summed E-state index contributed by atoms with van der Waals surface area (Å²) in [5, 5.41) is 0. The maximum atomic E-state index is 12.6. The number of anilines is 1. The molecule has 7 nitrogen and oxygen atoms in total. The highest BCUT2D eigenvalue weighted by Crippen LogP contribution is 2.33. The predicted octanol–water partition coefficient (Wildman–Crippen LogP) is 5.47. The van der Waals surface area contributed by atoms with Crippen LogP contribution in [0.2, 0.25) is 0 Å². The van der Waals surface area contributed by atoms with Crippen LogP contribution in [0.15, 0.2) is 48.0 Å². The van der Waals surface area contributed by atoms with Crippen LogP contribution >= 0.6 is 0 Å². The number of carbonyl (C=O) groups is 2. The Hall–Kier alpha value is -3.32. The van der Waals surface area contributed by atoms with Crippen molar-refractivity contribution in [2.75, 3.05) is 45.0 Å². The molecule has 2 aromatic rings. The van der Waals surface area contributed by atoms with Gasteiger partial charge in [-0.3, -0.25) is 4.90 Å². The molecular formula is C27H33NO6. The molecule has 3 rings (SSSR count). The normalized spacial score (nSPS) is 12.9. The van der Waals surface area contributed by atoms with Crippen molar-refractivity contribution < 1.29 is 28.5 Å². The van der Waals surface area contributed by atoms with Crippen LogP contribution in [0.4, 0.5) is 10.5 Å². The first-order chi connectivity index (χ1) is 16.6. The molecule has 0 saturated heterocycles. The smallest absolute Gasteiger partial charge is 0.414 e. The second kappa shape index (κ2) is 12.8. The lowest BCUT2D eigenvalue weighted by atomic mass is 10.0. The van der Waals surface area contributed by atoms with E-state index in [4.69, 9.17) is 18.9 Å². The lowest BCUT2D eigenvalue weighted by Crippen LogP contribution is -2.32. The summed E-state index contributed by atoms with van der Waals surface area (Å²) in [4.78, 5) is 26.4. The summed E-state index contributed by atoms with van der Waals surface area (Å²) in [6.07, 6.45) is 3.91. The molecule has 1 aliphatic rings. The van der Waals surface area contributed by atoms with Crippen molar-refractivity contribution in [2.24, 2.45) is 0 Å². The molecule has 0 aromatic heterocycles. The predicted molar refractivity (Wildman–Crippen MR) is 132 cm³/mol. The standard InChI is InChI=1S/C27H33NO6/c1-4-6-15-32-16-17-34-24-10-7-20(8-11-24)21-9-12-25-23(18-21)19-22(26(29)31-3)13-14-28(25)27(30)33-5-2/h7-12,18-19H,4-6,13-17H2,1-3H3. The van der Waals surface area contributed by atoms with Crippen molar-refractivity contribution in [1.29, 1.82) is 0 Å². The highest BCUT2D eigenvalue weighted by molar-refractivity contribution is 5.99. The van der Waals surface area contributed by atoms with E-state index in [1.165, 1.54) is 7.11 Å². The summed E-state index contributed by atoms with van der Waals surface area (Å²) in [6, 6.07) is 13.6. The average molecular weight is 468 g/mol. The molecule has 0 atom stereocenters. The quantitative estimate of drug-likeness (QED) is 0.341. The van der Waals surface area contributed by atoms with Gasteiger partial charge in [0.25, 0.3) is 0 Å². The number of unbranched alkanes of at least 4 members (excludes halogenated alkanes) is 1. The summed E-state index contributed by atoms with van der Waals surface area (Å²) in [5.41, 5.74) is 3.92. The molecule has 1 amide bonds. The summed E-state index contributed by atoms with van der Waals surface area (Å²) in [5.74, 6) is 0.376. The Morgan fingerprint density at radius 2 is 1.74 bits per heavy atom. The summed E-state index contributed by atoms with van der Waals surface area (Å²) in [6.45, 7) is 6.35. The monoisotopic (exact) mass is 467 g/mol. The van der Waals surface area contributed by atoms with Crippen LogP contribution in [-0.4, -0.2) is 52.1 Å². The number of benzene rings is 2. The molecule has 7 heteroatoms. The Morgan fingerprint density at radius 1 is 0.971 bits per heavy atom. The highest BCUT2D eigenvalue weighted by Gasteiger charge is 2.25. The van der Waals surface area contributed by atoms with E-state index in [-0.39, 0.29) is 6.61 Å². The van der Waals surface area contributed by atoms with Gasteiger partial charge in [0.15, 0.2) is 0 Å². The van der Waals surface area contributed by atoms with Crippen LogP contribution in [0.5, 0.6) is 5.75 Å². The van der Waals surface area contributed by atoms with Crippen LogP contribution < -0.4 is 9.64 Å². The van der Waals surface area contributed by atoms with Crippen LogP contribution in [0.3, 0.4) is 0 Å². The minimum Gasteiger partial charge on any atom is -0.491 e. The fourth-order valence-corrected chi connectivity index (χ4v) is 3.70. The SMILES string of the molecule is CCCCOCCOc1ccc(-c2ccc3c(c2)C=C(C(=O)OC)CCN3C(=O)OCC)cc1. The maximum absolute atomic E-state index is 12.6. The molecule has 182 valence electrons. The first-order valence-corrected chi connectivity index (χ1v) is 11.8. The fraction of sp³-hybridized carbons (Fsp3) is 0.407. The third kappa shape index (κ3) is 6.60. The van der Waals surface area contributed by atoms with Gasteiger partial charge in [0.1, 0.15) is 12.4 Å². The lowest BCUT2D eigenvalue weighted by molar-refractivity contribution is -0.136. The van der Waals surface area contributed by atoms with E-state index < -0.39 is 12.1 Å². The van der Waals surface area contributed by atoms with Gasteiger partial charge in [0.2, 0.25) is 0 Å². The number of esters is 1. The Bertz CT molecular complexity index is 999. The number of nitrogens with zero attached hydrogens (tertiary/aromatic N) is 1. The van der Waals surface area contributed by atoms with E-state index in [2.05, 4.69) is 6.92 Å². The summed E-state index contributed by atoms with van der Waals surface area (Å²) >= 11 is 0. The van der Waals surface area contributed by atoms with Crippen molar-refractivity contribution in [3.05, 3.63) is 53.6 Å². The minimum absolute atomic E-state index is 0.277. The van der Waals surface area contributed by atoms with E-state index >= 15 is 0 Å². The van der Waals surface area contributed by atoms with E-state index in [1.807, 2.05) is 42.5 Å². The third-order valence-corrected chi connectivity index (χ3v) is 5.51. The molecule has 0 aliphatic carbocycles. The molecule has 0 saturated carbocycles. The lowest BCUT2D eigenvalue weighted by Gasteiger charge is -2.22. The van der Waals surface area contributed by atoms with Gasteiger partial charge < -0.3 is 18.9 Å². The summed E-state index contributed by atoms with van der Waals surface area (Å²) < 4.78 is 21.4. The molecule has 1 aliphatic heterocycles. The van der Waals surface area contributed by atoms with Crippen LogP contribution in [0, 0.1) is 0 Å². The topological polar surface area (TPSA) is 74.3 Å². The zero-order chi connectivity index (χ0) is 24.3. The van der Waals surface area contributed by atoms with E-state index in [9.17, 15) is 9.59 Å². The zero-order valence-corrected chi connectivity index (χ0v) is 20.2. The fourth-order valence-electron chi connectivity index (χ4n) is 3.70. The Labute approximate surface area is 201 Å². The number of rotatable bonds is 10. The van der Waals surface area contributed by atoms with Gasteiger partial charge in [-0.1, -0.05) is 31.5 Å². The van der Waals surface area contributed by atoms with Crippen molar-refractivity contribution in [2.45, 2.75) is 33.1 Å². The first kappa shape index (κ1) is 25.3. The minimum atomic E-state index is -0.434. The van der Waals surface area contributed by atoms with Crippen molar-refractivity contribution in [3.63, 3.8) is 0 Å². The summed E-state index contributed by atoms with van der Waals surface area (Å²) in [7, 11) is 1.36. The van der Waals surface area contributed by atoms with Gasteiger partial charge in [-0.25, -0.2) is 9.59 Å². The van der Waals surface area contributed by atoms with E-state index in [1.54, 1.807) is 17.9 Å². The second-order valence-corrected chi connectivity index (χ2v) is 7.87. The number of carbonyl (C=O) groups excluding carboxylic acids is 2. The Morgan fingerprint density at radius 3 is 2.44 bits per heavy atom. The third-order valence-electron chi connectivity index (χ3n) is 5.51. The van der Waals surface area contributed by atoms with Gasteiger partial charge in [0, 0.05) is 18.7 Å². The molecule has 0 N–H and O–H groups in total. The molecule has 0 radical (unpaired) electrons. The van der Waals surface area contributed by atoms with E-state index in [0.29, 0.717) is 37.4 Å². The number of amides is 1. The van der Waals surface area contributed by atoms with E-state index in [0.717, 1.165) is 41.9 Å². The van der Waals surface area contributed by atoms with Crippen LogP contribution in [0.1, 0.15) is 38.7 Å². The number of fused-ring (bicyclic) bond motifs is 1. The molecule has 0 bridgehead atoms. The van der Waals surface area contributed by atoms with Gasteiger partial charge in [-0.15, -0.1) is 0 Å². The van der Waals surface area contributed by atoms with Gasteiger partial charge in [-0.2, -0.15) is 0 Å². The average Bonchev–Trinajstić information content (AvgIpc) is 3.05.